The van der Waals surface area contributed by atoms with Crippen molar-refractivity contribution in [2.45, 2.75) is 68.1 Å². The van der Waals surface area contributed by atoms with Crippen LogP contribution >= 0.6 is 0 Å². The SMILES string of the molecule is COc1cc(O)c2c(=O)cc(-c3ccc(O[C@@H]4O[C@@H](C)[C@H](O)[C@H](O)[C@H]4O)cc3)oc2c1[C@@H]1O[C@H](CO)[C@@H](O)[C@H](O)[C@H]1O. The van der Waals surface area contributed by atoms with E-state index in [1.807, 2.05) is 0 Å². The van der Waals surface area contributed by atoms with E-state index in [0.717, 1.165) is 12.1 Å². The van der Waals surface area contributed by atoms with Gasteiger partial charge in [-0.15, -0.1) is 0 Å². The van der Waals surface area contributed by atoms with Gasteiger partial charge in [-0.25, -0.2) is 0 Å². The molecule has 0 amide bonds. The van der Waals surface area contributed by atoms with Gasteiger partial charge in [0, 0.05) is 17.7 Å². The van der Waals surface area contributed by atoms with Crippen LogP contribution in [-0.4, -0.2) is 110 Å². The summed E-state index contributed by atoms with van der Waals surface area (Å²) in [6, 6.07) is 8.28. The van der Waals surface area contributed by atoms with E-state index in [1.165, 1.54) is 38.3 Å². The van der Waals surface area contributed by atoms with Gasteiger partial charge in [0.25, 0.3) is 0 Å². The highest BCUT2D eigenvalue weighted by Gasteiger charge is 2.46. The van der Waals surface area contributed by atoms with Crippen LogP contribution in [0.4, 0.5) is 0 Å². The number of aromatic hydroxyl groups is 1. The Balaban J connectivity index is 1.53. The maximum atomic E-state index is 13.2. The predicted molar refractivity (Wildman–Crippen MR) is 142 cm³/mol. The number of aliphatic hydroxyl groups excluding tert-OH is 7. The zero-order valence-corrected chi connectivity index (χ0v) is 22.5. The van der Waals surface area contributed by atoms with Crippen molar-refractivity contribution in [2.24, 2.45) is 0 Å². The monoisotopic (exact) mass is 592 g/mol. The van der Waals surface area contributed by atoms with Crippen LogP contribution in [0.2, 0.25) is 0 Å². The van der Waals surface area contributed by atoms with E-state index < -0.39 is 79.0 Å². The molecule has 0 radical (unpaired) electrons. The number of ether oxygens (including phenoxy) is 4. The number of phenols is 1. The van der Waals surface area contributed by atoms with E-state index in [4.69, 9.17) is 23.4 Å². The lowest BCUT2D eigenvalue weighted by Crippen LogP contribution is -2.58. The molecule has 10 atom stereocenters. The lowest BCUT2D eigenvalue weighted by atomic mass is 9.89. The fraction of sp³-hybridized carbons (Fsp3) is 0.464. The van der Waals surface area contributed by atoms with Gasteiger partial charge in [0.2, 0.25) is 6.29 Å². The molecule has 3 heterocycles. The normalized spacial score (nSPS) is 33.5. The summed E-state index contributed by atoms with van der Waals surface area (Å²) in [5.74, 6) is -0.283. The van der Waals surface area contributed by atoms with Crippen molar-refractivity contribution in [2.75, 3.05) is 13.7 Å². The van der Waals surface area contributed by atoms with Gasteiger partial charge in [-0.05, 0) is 31.2 Å². The van der Waals surface area contributed by atoms with Crippen LogP contribution in [0.25, 0.3) is 22.3 Å². The molecule has 42 heavy (non-hydrogen) atoms. The Bertz CT molecular complexity index is 1470. The molecule has 0 saturated carbocycles. The predicted octanol–water partition coefficient (Wildman–Crippen LogP) is -1.10. The minimum atomic E-state index is -1.73. The average molecular weight is 593 g/mol. The Morgan fingerprint density at radius 1 is 0.857 bits per heavy atom. The smallest absolute Gasteiger partial charge is 0.229 e. The van der Waals surface area contributed by atoms with Gasteiger partial charge in [0.1, 0.15) is 77.2 Å². The zero-order valence-electron chi connectivity index (χ0n) is 22.5. The summed E-state index contributed by atoms with van der Waals surface area (Å²) < 4.78 is 28.2. The standard InChI is InChI=1S/C28H32O14/c1-10-20(32)22(34)25(37)28(39-10)40-12-5-3-11(4-6-12)15-7-13(30)18-14(31)8-16(38-2)19(26(18)41-15)27-24(36)23(35)21(33)17(9-29)42-27/h3-8,10,17,20-25,27-29,31-37H,9H2,1-2H3/t10-,17+,20-,21+,22-,23-,24+,25+,27-,28-/m0/s1. The summed E-state index contributed by atoms with van der Waals surface area (Å²) in [6.07, 6.45) is -14.1. The third-order valence-corrected chi connectivity index (χ3v) is 7.58. The van der Waals surface area contributed by atoms with Crippen LogP contribution in [0.15, 0.2) is 45.6 Å². The quantitative estimate of drug-likeness (QED) is 0.170. The molecule has 2 aliphatic rings. The Hall–Kier alpha value is -3.31. The number of aliphatic hydroxyl groups is 7. The Morgan fingerprint density at radius 2 is 1.52 bits per heavy atom. The van der Waals surface area contributed by atoms with Crippen molar-refractivity contribution < 1.29 is 64.2 Å². The first kappa shape index (κ1) is 30.2. The minimum Gasteiger partial charge on any atom is -0.507 e. The second-order valence-electron chi connectivity index (χ2n) is 10.3. The molecule has 0 spiro atoms. The number of hydrogen-bond donors (Lipinski definition) is 8. The number of fused-ring (bicyclic) bond motifs is 1. The molecule has 1 aromatic heterocycles. The van der Waals surface area contributed by atoms with Gasteiger partial charge >= 0.3 is 0 Å². The molecular weight excluding hydrogens is 560 g/mol. The number of methoxy groups -OCH3 is 1. The summed E-state index contributed by atoms with van der Waals surface area (Å²) in [4.78, 5) is 13.2. The van der Waals surface area contributed by atoms with Gasteiger partial charge in [0.05, 0.1) is 25.4 Å². The van der Waals surface area contributed by atoms with Gasteiger partial charge in [-0.2, -0.15) is 0 Å². The van der Waals surface area contributed by atoms with Crippen molar-refractivity contribution in [1.29, 1.82) is 0 Å². The average Bonchev–Trinajstić information content (AvgIpc) is 2.98. The van der Waals surface area contributed by atoms with E-state index in [0.29, 0.717) is 5.56 Å². The van der Waals surface area contributed by atoms with E-state index in [-0.39, 0.29) is 33.8 Å². The lowest BCUT2D eigenvalue weighted by Gasteiger charge is -2.40. The first-order valence-corrected chi connectivity index (χ1v) is 13.1. The van der Waals surface area contributed by atoms with E-state index in [9.17, 15) is 45.6 Å². The van der Waals surface area contributed by atoms with Gasteiger partial charge in [-0.3, -0.25) is 4.79 Å². The highest BCUT2D eigenvalue weighted by atomic mass is 16.7. The molecule has 2 saturated heterocycles. The van der Waals surface area contributed by atoms with Gasteiger partial charge in [0.15, 0.2) is 11.0 Å². The Morgan fingerprint density at radius 3 is 2.17 bits per heavy atom. The second kappa shape index (κ2) is 11.8. The summed E-state index contributed by atoms with van der Waals surface area (Å²) in [5, 5.41) is 81.5. The van der Waals surface area contributed by atoms with E-state index in [1.54, 1.807) is 0 Å². The molecule has 2 fully saturated rings. The maximum absolute atomic E-state index is 13.2. The van der Waals surface area contributed by atoms with Crippen molar-refractivity contribution in [1.82, 2.24) is 0 Å². The molecule has 14 heteroatoms. The van der Waals surface area contributed by atoms with Crippen molar-refractivity contribution in [3.8, 4) is 28.6 Å². The number of rotatable bonds is 6. The van der Waals surface area contributed by atoms with Crippen molar-refractivity contribution in [3.05, 3.63) is 52.2 Å². The molecule has 0 aliphatic carbocycles. The number of benzene rings is 2. The third-order valence-electron chi connectivity index (χ3n) is 7.58. The molecule has 0 unspecified atom stereocenters. The molecule has 228 valence electrons. The topological polar surface area (TPSA) is 229 Å². The molecule has 3 aromatic rings. The molecule has 2 aliphatic heterocycles. The van der Waals surface area contributed by atoms with Crippen LogP contribution in [0.1, 0.15) is 18.6 Å². The summed E-state index contributed by atoms with van der Waals surface area (Å²) in [7, 11) is 1.27. The summed E-state index contributed by atoms with van der Waals surface area (Å²) in [5.41, 5.74) is -0.547. The molecule has 2 aromatic carbocycles. The Labute approximate surface area is 238 Å². The van der Waals surface area contributed by atoms with Crippen LogP contribution in [0.3, 0.4) is 0 Å². The highest BCUT2D eigenvalue weighted by molar-refractivity contribution is 5.89. The van der Waals surface area contributed by atoms with Crippen LogP contribution in [0, 0.1) is 0 Å². The molecule has 0 bridgehead atoms. The minimum absolute atomic E-state index is 0.0265. The molecule has 8 N–H and O–H groups in total. The first-order chi connectivity index (χ1) is 20.0. The maximum Gasteiger partial charge on any atom is 0.229 e. The third kappa shape index (κ3) is 5.21. The van der Waals surface area contributed by atoms with Gasteiger partial charge < -0.3 is 64.2 Å². The number of phenolic OH excluding ortho intramolecular Hbond substituents is 1. The lowest BCUT2D eigenvalue weighted by molar-refractivity contribution is -0.268. The summed E-state index contributed by atoms with van der Waals surface area (Å²) in [6.45, 7) is 0.830. The molecular formula is C28H32O14. The highest BCUT2D eigenvalue weighted by Crippen LogP contribution is 2.44. The second-order valence-corrected chi connectivity index (χ2v) is 10.3. The fourth-order valence-corrected chi connectivity index (χ4v) is 5.18. The molecule has 14 nitrogen and oxygen atoms in total. The first-order valence-electron chi connectivity index (χ1n) is 13.1. The van der Waals surface area contributed by atoms with Crippen LogP contribution < -0.4 is 14.9 Å². The fourth-order valence-electron chi connectivity index (χ4n) is 5.18. The van der Waals surface area contributed by atoms with Crippen molar-refractivity contribution >= 4 is 11.0 Å². The summed E-state index contributed by atoms with van der Waals surface area (Å²) >= 11 is 0. The molecule has 5 rings (SSSR count). The number of hydrogen-bond acceptors (Lipinski definition) is 14. The van der Waals surface area contributed by atoms with Crippen LogP contribution in [0.5, 0.6) is 17.2 Å². The largest absolute Gasteiger partial charge is 0.507 e. The Kier molecular flexibility index (Phi) is 8.44. The van der Waals surface area contributed by atoms with Crippen LogP contribution in [-0.2, 0) is 9.47 Å². The van der Waals surface area contributed by atoms with E-state index >= 15 is 0 Å². The van der Waals surface area contributed by atoms with Crippen molar-refractivity contribution in [3.63, 3.8) is 0 Å². The zero-order chi connectivity index (χ0) is 30.5. The van der Waals surface area contributed by atoms with E-state index in [2.05, 4.69) is 0 Å². The van der Waals surface area contributed by atoms with Gasteiger partial charge in [-0.1, -0.05) is 0 Å².